The highest BCUT2D eigenvalue weighted by Gasteiger charge is 2.23. The van der Waals surface area contributed by atoms with Crippen molar-refractivity contribution in [1.82, 2.24) is 5.32 Å². The number of carbonyl (C=O) groups is 1. The molecule has 0 aliphatic heterocycles. The molecule has 5 nitrogen and oxygen atoms in total. The highest BCUT2D eigenvalue weighted by atomic mass is 32.2. The summed E-state index contributed by atoms with van der Waals surface area (Å²) in [5.74, 6) is 0.604. The van der Waals surface area contributed by atoms with Crippen molar-refractivity contribution in [3.63, 3.8) is 0 Å². The van der Waals surface area contributed by atoms with Crippen molar-refractivity contribution in [2.75, 3.05) is 20.0 Å². The van der Waals surface area contributed by atoms with Gasteiger partial charge >= 0.3 is 6.09 Å². The van der Waals surface area contributed by atoms with Crippen LogP contribution in [-0.4, -0.2) is 37.9 Å². The van der Waals surface area contributed by atoms with Gasteiger partial charge in [-0.2, -0.15) is 0 Å². The Morgan fingerprint density at radius 1 is 1.27 bits per heavy atom. The molecule has 1 aromatic carbocycles. The van der Waals surface area contributed by atoms with Crippen molar-refractivity contribution in [2.24, 2.45) is 0 Å². The second kappa shape index (κ2) is 7.85. The Morgan fingerprint density at radius 2 is 1.91 bits per heavy atom. The number of nitrogens with one attached hydrogen (secondary N) is 1. The van der Waals surface area contributed by atoms with Crippen LogP contribution in [0.1, 0.15) is 26.2 Å². The van der Waals surface area contributed by atoms with Crippen molar-refractivity contribution in [1.29, 1.82) is 0 Å². The summed E-state index contributed by atoms with van der Waals surface area (Å²) < 4.78 is 15.9. The number of thioether (sulfide) groups is 1. The van der Waals surface area contributed by atoms with Gasteiger partial charge in [-0.3, -0.25) is 0 Å². The zero-order valence-corrected chi connectivity index (χ0v) is 14.1. The fourth-order valence-corrected chi connectivity index (χ4v) is 2.87. The Hall–Kier alpha value is -1.24. The zero-order valence-electron chi connectivity index (χ0n) is 13.3. The number of carbonyl (C=O) groups excluding carboxylic acids is 1. The first kappa shape index (κ1) is 17.1. The maximum Gasteiger partial charge on any atom is 0.412 e. The third-order valence-corrected chi connectivity index (χ3v) is 5.10. The second-order valence-corrected chi connectivity index (χ2v) is 6.51. The molecular weight excluding hydrogens is 302 g/mol. The van der Waals surface area contributed by atoms with Crippen LogP contribution in [0.15, 0.2) is 29.2 Å². The lowest BCUT2D eigenvalue weighted by molar-refractivity contribution is -0.175. The maximum absolute atomic E-state index is 11.7. The van der Waals surface area contributed by atoms with Gasteiger partial charge in [-0.15, -0.1) is 11.8 Å². The van der Waals surface area contributed by atoms with E-state index in [9.17, 15) is 4.79 Å². The molecule has 2 rings (SSSR count). The van der Waals surface area contributed by atoms with Crippen molar-refractivity contribution in [3.05, 3.63) is 24.3 Å². The largest absolute Gasteiger partial charge is 0.412 e. The minimum atomic E-state index is -0.609. The van der Waals surface area contributed by atoms with E-state index in [1.165, 1.54) is 6.42 Å². The van der Waals surface area contributed by atoms with Crippen LogP contribution >= 0.6 is 11.8 Å². The van der Waals surface area contributed by atoms with Crippen molar-refractivity contribution >= 4 is 17.9 Å². The highest BCUT2D eigenvalue weighted by Crippen LogP contribution is 2.26. The molecule has 0 spiro atoms. The van der Waals surface area contributed by atoms with Crippen molar-refractivity contribution in [3.8, 4) is 5.75 Å². The van der Waals surface area contributed by atoms with Crippen LogP contribution in [0.25, 0.3) is 0 Å². The summed E-state index contributed by atoms with van der Waals surface area (Å²) in [5, 5.41) is 2.84. The van der Waals surface area contributed by atoms with Crippen LogP contribution in [0.3, 0.4) is 0 Å². The lowest BCUT2D eigenvalue weighted by Gasteiger charge is -2.26. The van der Waals surface area contributed by atoms with E-state index >= 15 is 0 Å². The summed E-state index contributed by atoms with van der Waals surface area (Å²) in [4.78, 5) is 12.7. The van der Waals surface area contributed by atoms with Crippen molar-refractivity contribution in [2.45, 2.75) is 42.9 Å². The standard InChI is InChI=1S/C16H23NO4S/c1-16(19-2,20-3)11-22-14-9-7-13(8-10-14)21-15(18)17-12-5-4-6-12/h7-10,12H,4-6,11H2,1-3H3,(H,17,18). The van der Waals surface area contributed by atoms with E-state index in [4.69, 9.17) is 14.2 Å². The van der Waals surface area contributed by atoms with Crippen molar-refractivity contribution < 1.29 is 19.0 Å². The summed E-state index contributed by atoms with van der Waals surface area (Å²) in [5.41, 5.74) is 0. The third kappa shape index (κ3) is 4.90. The molecule has 0 atom stereocenters. The number of hydrogen-bond donors (Lipinski definition) is 1. The normalized spacial score (nSPS) is 15.2. The summed E-state index contributed by atoms with van der Waals surface area (Å²) in [7, 11) is 3.25. The Kier molecular flexibility index (Phi) is 6.11. The van der Waals surface area contributed by atoms with Gasteiger partial charge in [0.15, 0.2) is 5.79 Å². The summed E-state index contributed by atoms with van der Waals surface area (Å²) in [6.07, 6.45) is 2.89. The molecule has 0 saturated heterocycles. The number of benzene rings is 1. The molecule has 1 saturated carbocycles. The Bertz CT molecular complexity index is 483. The molecule has 1 fully saturated rings. The zero-order chi connectivity index (χ0) is 16.0. The lowest BCUT2D eigenvalue weighted by Crippen LogP contribution is -2.40. The van der Waals surface area contributed by atoms with Gasteiger partial charge in [0.1, 0.15) is 5.75 Å². The van der Waals surface area contributed by atoms with E-state index < -0.39 is 5.79 Å². The van der Waals surface area contributed by atoms with Crippen LogP contribution in [0.4, 0.5) is 4.79 Å². The van der Waals surface area contributed by atoms with E-state index in [2.05, 4.69) is 5.32 Å². The van der Waals surface area contributed by atoms with Crippen LogP contribution < -0.4 is 10.1 Å². The molecule has 1 aromatic rings. The SMILES string of the molecule is COC(C)(CSc1ccc(OC(=O)NC2CCC2)cc1)OC. The molecule has 0 aromatic heterocycles. The van der Waals surface area contributed by atoms with E-state index in [0.717, 1.165) is 17.7 Å². The topological polar surface area (TPSA) is 56.8 Å². The van der Waals surface area contributed by atoms with E-state index in [0.29, 0.717) is 11.5 Å². The van der Waals surface area contributed by atoms with Gasteiger partial charge in [-0.25, -0.2) is 4.79 Å². The van der Waals surface area contributed by atoms with E-state index in [1.807, 2.05) is 19.1 Å². The molecule has 0 bridgehead atoms. The van der Waals surface area contributed by atoms with Gasteiger partial charge in [-0.05, 0) is 50.5 Å². The average molecular weight is 325 g/mol. The fraction of sp³-hybridized carbons (Fsp3) is 0.562. The molecule has 1 aliphatic rings. The van der Waals surface area contributed by atoms with Gasteiger partial charge in [0.05, 0.1) is 5.75 Å². The smallest absolute Gasteiger partial charge is 0.410 e. The predicted octanol–water partition coefficient (Wildman–Crippen LogP) is 3.43. The maximum atomic E-state index is 11.7. The molecule has 22 heavy (non-hydrogen) atoms. The summed E-state index contributed by atoms with van der Waals surface area (Å²) >= 11 is 1.62. The lowest BCUT2D eigenvalue weighted by atomic mass is 9.93. The molecule has 0 unspecified atom stereocenters. The molecule has 1 aliphatic carbocycles. The number of amides is 1. The first-order chi connectivity index (χ1) is 10.5. The van der Waals surface area contributed by atoms with Gasteiger partial charge < -0.3 is 19.5 Å². The Labute approximate surface area is 135 Å². The first-order valence-electron chi connectivity index (χ1n) is 7.36. The van der Waals surface area contributed by atoms with Crippen LogP contribution in [0.2, 0.25) is 0 Å². The van der Waals surface area contributed by atoms with Gasteiger partial charge in [-0.1, -0.05) is 0 Å². The minimum absolute atomic E-state index is 0.281. The quantitative estimate of drug-likeness (QED) is 0.615. The molecule has 6 heteroatoms. The fourth-order valence-electron chi connectivity index (χ4n) is 1.88. The van der Waals surface area contributed by atoms with Crippen LogP contribution in [0.5, 0.6) is 5.75 Å². The Balaban J connectivity index is 1.80. The number of ether oxygens (including phenoxy) is 3. The summed E-state index contributed by atoms with van der Waals surface area (Å²) in [6.45, 7) is 1.89. The minimum Gasteiger partial charge on any atom is -0.410 e. The molecule has 0 heterocycles. The molecule has 1 amide bonds. The number of methoxy groups -OCH3 is 2. The van der Waals surface area contributed by atoms with E-state index in [1.54, 1.807) is 38.1 Å². The van der Waals surface area contributed by atoms with Gasteiger partial charge in [0.25, 0.3) is 0 Å². The van der Waals surface area contributed by atoms with Gasteiger partial charge in [0.2, 0.25) is 0 Å². The second-order valence-electron chi connectivity index (χ2n) is 5.46. The molecule has 0 radical (unpaired) electrons. The Morgan fingerprint density at radius 3 is 2.41 bits per heavy atom. The van der Waals surface area contributed by atoms with Crippen LogP contribution in [0, 0.1) is 0 Å². The summed E-state index contributed by atoms with van der Waals surface area (Å²) in [6, 6.07) is 7.70. The molecule has 122 valence electrons. The van der Waals surface area contributed by atoms with Gasteiger partial charge in [0, 0.05) is 25.2 Å². The monoisotopic (exact) mass is 325 g/mol. The van der Waals surface area contributed by atoms with Crippen LogP contribution in [-0.2, 0) is 9.47 Å². The number of hydrogen-bond acceptors (Lipinski definition) is 5. The number of rotatable bonds is 7. The highest BCUT2D eigenvalue weighted by molar-refractivity contribution is 7.99. The average Bonchev–Trinajstić information content (AvgIpc) is 2.50. The molecular formula is C16H23NO4S. The first-order valence-corrected chi connectivity index (χ1v) is 8.35. The third-order valence-electron chi connectivity index (χ3n) is 3.83. The predicted molar refractivity (Wildman–Crippen MR) is 86.4 cm³/mol. The van der Waals surface area contributed by atoms with E-state index in [-0.39, 0.29) is 12.1 Å². The molecule has 1 N–H and O–H groups in total.